The van der Waals surface area contributed by atoms with E-state index in [1.807, 2.05) is 32.9 Å². The smallest absolute Gasteiger partial charge is 0.214 e. The first kappa shape index (κ1) is 19.1. The van der Waals surface area contributed by atoms with Crippen LogP contribution in [0.15, 0.2) is 47.6 Å². The van der Waals surface area contributed by atoms with E-state index < -0.39 is 0 Å². The molecule has 0 N–H and O–H groups in total. The Labute approximate surface area is 162 Å². The quantitative estimate of drug-likeness (QED) is 0.454. The van der Waals surface area contributed by atoms with Crippen molar-refractivity contribution in [2.75, 3.05) is 7.11 Å². The molecule has 2 aromatic carbocycles. The zero-order chi connectivity index (χ0) is 19.4. The standard InChI is InChI=1S/C20H22N4O2S/c1-5-18(19(25)15-7-9-16(26-4)10-8-15)27-20-21-22-23-24(20)17-11-6-13(2)12-14(17)3/h6-12,18H,5H2,1-4H3. The molecule has 1 unspecified atom stereocenters. The fourth-order valence-corrected chi connectivity index (χ4v) is 3.82. The van der Waals surface area contributed by atoms with Crippen LogP contribution in [0.25, 0.3) is 5.69 Å². The summed E-state index contributed by atoms with van der Waals surface area (Å²) in [4.78, 5) is 12.9. The van der Waals surface area contributed by atoms with Crippen molar-refractivity contribution in [2.24, 2.45) is 0 Å². The van der Waals surface area contributed by atoms with Crippen LogP contribution in [0.2, 0.25) is 0 Å². The topological polar surface area (TPSA) is 69.9 Å². The Bertz CT molecular complexity index is 937. The summed E-state index contributed by atoms with van der Waals surface area (Å²) in [5.41, 5.74) is 3.83. The molecular formula is C20H22N4O2S. The average molecular weight is 382 g/mol. The van der Waals surface area contributed by atoms with Crippen LogP contribution in [0.3, 0.4) is 0 Å². The molecule has 0 spiro atoms. The molecule has 7 heteroatoms. The number of nitrogens with zero attached hydrogens (tertiary/aromatic N) is 4. The SMILES string of the molecule is CCC(Sc1nnnn1-c1ccc(C)cc1C)C(=O)c1ccc(OC)cc1. The number of tetrazole rings is 1. The zero-order valence-electron chi connectivity index (χ0n) is 15.8. The number of benzene rings is 2. The Morgan fingerprint density at radius 2 is 1.93 bits per heavy atom. The highest BCUT2D eigenvalue weighted by atomic mass is 32.2. The predicted octanol–water partition coefficient (Wildman–Crippen LogP) is 4.04. The fraction of sp³-hybridized carbons (Fsp3) is 0.300. The highest BCUT2D eigenvalue weighted by Gasteiger charge is 2.23. The number of ketones is 1. The van der Waals surface area contributed by atoms with Gasteiger partial charge in [-0.15, -0.1) is 5.10 Å². The minimum absolute atomic E-state index is 0.0559. The van der Waals surface area contributed by atoms with Crippen LogP contribution >= 0.6 is 11.8 Å². The van der Waals surface area contributed by atoms with Gasteiger partial charge in [0.2, 0.25) is 5.16 Å². The van der Waals surface area contributed by atoms with Crippen LogP contribution in [0, 0.1) is 13.8 Å². The molecule has 1 heterocycles. The van der Waals surface area contributed by atoms with Crippen molar-refractivity contribution in [2.45, 2.75) is 37.6 Å². The molecule has 0 saturated carbocycles. The molecule has 27 heavy (non-hydrogen) atoms. The van der Waals surface area contributed by atoms with Crippen molar-refractivity contribution in [3.05, 3.63) is 59.2 Å². The van der Waals surface area contributed by atoms with Gasteiger partial charge >= 0.3 is 0 Å². The van der Waals surface area contributed by atoms with Crippen molar-refractivity contribution in [3.63, 3.8) is 0 Å². The Kier molecular flexibility index (Phi) is 5.91. The number of methoxy groups -OCH3 is 1. The second-order valence-corrected chi connectivity index (χ2v) is 7.44. The molecule has 1 atom stereocenters. The van der Waals surface area contributed by atoms with Gasteiger partial charge in [-0.1, -0.05) is 36.4 Å². The lowest BCUT2D eigenvalue weighted by Crippen LogP contribution is -2.17. The predicted molar refractivity (Wildman–Crippen MR) is 106 cm³/mol. The maximum Gasteiger partial charge on any atom is 0.214 e. The van der Waals surface area contributed by atoms with Crippen LogP contribution in [-0.2, 0) is 0 Å². The largest absolute Gasteiger partial charge is 0.497 e. The summed E-state index contributed by atoms with van der Waals surface area (Å²) >= 11 is 1.39. The van der Waals surface area contributed by atoms with Crippen molar-refractivity contribution >= 4 is 17.5 Å². The third kappa shape index (κ3) is 4.19. The van der Waals surface area contributed by atoms with Crippen molar-refractivity contribution in [1.82, 2.24) is 20.2 Å². The van der Waals surface area contributed by atoms with Gasteiger partial charge in [-0.25, -0.2) is 0 Å². The number of thioether (sulfide) groups is 1. The first-order valence-corrected chi connectivity index (χ1v) is 9.62. The summed E-state index contributed by atoms with van der Waals surface area (Å²) in [7, 11) is 1.61. The lowest BCUT2D eigenvalue weighted by atomic mass is 10.1. The first-order valence-electron chi connectivity index (χ1n) is 8.74. The number of Topliss-reactive ketones (excluding diaryl/α,β-unsaturated/α-hetero) is 1. The van der Waals surface area contributed by atoms with Gasteiger partial charge in [-0.2, -0.15) is 4.68 Å². The maximum absolute atomic E-state index is 12.9. The van der Waals surface area contributed by atoms with E-state index in [1.165, 1.54) is 17.3 Å². The highest BCUT2D eigenvalue weighted by molar-refractivity contribution is 8.00. The minimum atomic E-state index is -0.270. The Morgan fingerprint density at radius 1 is 1.19 bits per heavy atom. The lowest BCUT2D eigenvalue weighted by Gasteiger charge is -2.14. The third-order valence-corrected chi connectivity index (χ3v) is 5.60. The molecule has 0 bridgehead atoms. The number of carbonyl (C=O) groups is 1. The molecule has 1 aromatic heterocycles. The maximum atomic E-state index is 12.9. The van der Waals surface area contributed by atoms with E-state index >= 15 is 0 Å². The van der Waals surface area contributed by atoms with E-state index in [9.17, 15) is 4.79 Å². The number of carbonyl (C=O) groups excluding carboxylic acids is 1. The first-order chi connectivity index (χ1) is 13.0. The van der Waals surface area contributed by atoms with Crippen LogP contribution in [0.1, 0.15) is 34.8 Å². The van der Waals surface area contributed by atoms with Gasteiger partial charge in [-0.05, 0) is 66.6 Å². The summed E-state index contributed by atoms with van der Waals surface area (Å²) in [6.07, 6.45) is 0.676. The summed E-state index contributed by atoms with van der Waals surface area (Å²) in [6.45, 7) is 6.06. The molecule has 0 saturated heterocycles. The van der Waals surface area contributed by atoms with Gasteiger partial charge in [0, 0.05) is 5.56 Å². The lowest BCUT2D eigenvalue weighted by molar-refractivity contribution is 0.0988. The second kappa shape index (κ2) is 8.35. The average Bonchev–Trinajstić information content (AvgIpc) is 3.13. The molecule has 140 valence electrons. The second-order valence-electron chi connectivity index (χ2n) is 6.27. The number of hydrogen-bond acceptors (Lipinski definition) is 6. The summed E-state index contributed by atoms with van der Waals surface area (Å²) < 4.78 is 6.86. The van der Waals surface area contributed by atoms with Crippen molar-refractivity contribution in [3.8, 4) is 11.4 Å². The Balaban J connectivity index is 1.85. The monoisotopic (exact) mass is 382 g/mol. The molecule has 0 aliphatic rings. The normalized spacial score (nSPS) is 12.0. The van der Waals surface area contributed by atoms with Gasteiger partial charge in [0.05, 0.1) is 18.0 Å². The van der Waals surface area contributed by atoms with Gasteiger partial charge < -0.3 is 4.74 Å². The molecule has 0 amide bonds. The summed E-state index contributed by atoms with van der Waals surface area (Å²) in [5.74, 6) is 0.784. The Morgan fingerprint density at radius 3 is 2.56 bits per heavy atom. The number of ether oxygens (including phenoxy) is 1. The van der Waals surface area contributed by atoms with Gasteiger partial charge in [0.1, 0.15) is 5.75 Å². The summed E-state index contributed by atoms with van der Waals surface area (Å²) in [5, 5.41) is 12.4. The number of hydrogen-bond donors (Lipinski definition) is 0. The van der Waals surface area contributed by atoms with Gasteiger partial charge in [0.15, 0.2) is 5.78 Å². The molecular weight excluding hydrogens is 360 g/mol. The Hall–Kier alpha value is -2.67. The number of rotatable bonds is 7. The minimum Gasteiger partial charge on any atom is -0.497 e. The van der Waals surface area contributed by atoms with Gasteiger partial charge in [-0.3, -0.25) is 4.79 Å². The van der Waals surface area contributed by atoms with Crippen molar-refractivity contribution in [1.29, 1.82) is 0 Å². The molecule has 0 aliphatic carbocycles. The third-order valence-electron chi connectivity index (χ3n) is 4.31. The zero-order valence-corrected chi connectivity index (χ0v) is 16.7. The van der Waals surface area contributed by atoms with Crippen LogP contribution in [0.4, 0.5) is 0 Å². The number of aromatic nitrogens is 4. The highest BCUT2D eigenvalue weighted by Crippen LogP contribution is 2.29. The van der Waals surface area contributed by atoms with E-state index in [0.29, 0.717) is 17.1 Å². The summed E-state index contributed by atoms with van der Waals surface area (Å²) in [6, 6.07) is 13.3. The van der Waals surface area contributed by atoms with Crippen LogP contribution in [0.5, 0.6) is 5.75 Å². The van der Waals surface area contributed by atoms with E-state index in [2.05, 4.69) is 21.6 Å². The van der Waals surface area contributed by atoms with Crippen LogP contribution < -0.4 is 4.74 Å². The molecule has 0 fully saturated rings. The molecule has 3 aromatic rings. The molecule has 3 rings (SSSR count). The molecule has 0 aliphatic heterocycles. The molecule has 0 radical (unpaired) electrons. The number of aryl methyl sites for hydroxylation is 2. The van der Waals surface area contributed by atoms with Gasteiger partial charge in [0.25, 0.3) is 0 Å². The molecule has 6 nitrogen and oxygen atoms in total. The van der Waals surface area contributed by atoms with Crippen LogP contribution in [-0.4, -0.2) is 38.4 Å². The van der Waals surface area contributed by atoms with E-state index in [4.69, 9.17) is 4.74 Å². The fourth-order valence-electron chi connectivity index (χ4n) is 2.84. The van der Waals surface area contributed by atoms with E-state index in [-0.39, 0.29) is 11.0 Å². The van der Waals surface area contributed by atoms with E-state index in [1.54, 1.807) is 36.1 Å². The van der Waals surface area contributed by atoms with Crippen molar-refractivity contribution < 1.29 is 9.53 Å². The van der Waals surface area contributed by atoms with E-state index in [0.717, 1.165) is 17.0 Å².